The highest BCUT2D eigenvalue weighted by molar-refractivity contribution is 5.97. The summed E-state index contributed by atoms with van der Waals surface area (Å²) in [7, 11) is 3.58. The molecule has 0 spiro atoms. The Morgan fingerprint density at radius 1 is 1.26 bits per heavy atom. The third-order valence-electron chi connectivity index (χ3n) is 3.44. The molecule has 5 nitrogen and oxygen atoms in total. The molecular weight excluding hydrogens is 244 g/mol. The molecule has 19 heavy (non-hydrogen) atoms. The molecule has 0 radical (unpaired) electrons. The smallest absolute Gasteiger partial charge is 0.257 e. The molecule has 0 aromatic heterocycles. The second kappa shape index (κ2) is 5.93. The van der Waals surface area contributed by atoms with Gasteiger partial charge in [0.2, 0.25) is 0 Å². The van der Waals surface area contributed by atoms with Gasteiger partial charge in [-0.15, -0.1) is 0 Å². The topological polar surface area (TPSA) is 53.0 Å². The van der Waals surface area contributed by atoms with Crippen molar-refractivity contribution in [2.45, 2.75) is 6.42 Å². The van der Waals surface area contributed by atoms with Crippen molar-refractivity contribution in [2.75, 3.05) is 40.3 Å². The second-order valence-electron chi connectivity index (χ2n) is 4.83. The monoisotopic (exact) mass is 264 g/mol. The number of phenols is 1. The average Bonchev–Trinajstić information content (AvgIpc) is 2.62. The van der Waals surface area contributed by atoms with Gasteiger partial charge >= 0.3 is 0 Å². The minimum absolute atomic E-state index is 0.0260. The van der Waals surface area contributed by atoms with Gasteiger partial charge < -0.3 is 19.6 Å². The van der Waals surface area contributed by atoms with Gasteiger partial charge in [-0.05, 0) is 32.1 Å². The van der Waals surface area contributed by atoms with E-state index in [4.69, 9.17) is 4.74 Å². The molecule has 0 aliphatic carbocycles. The average molecular weight is 264 g/mol. The first-order valence-electron chi connectivity index (χ1n) is 6.46. The number of rotatable bonds is 2. The quantitative estimate of drug-likeness (QED) is 0.871. The number of hydrogen-bond donors (Lipinski definition) is 1. The van der Waals surface area contributed by atoms with Crippen molar-refractivity contribution in [3.8, 4) is 11.5 Å². The maximum Gasteiger partial charge on any atom is 0.257 e. The van der Waals surface area contributed by atoms with Gasteiger partial charge in [0.15, 0.2) is 0 Å². The molecule has 1 heterocycles. The van der Waals surface area contributed by atoms with Crippen LogP contribution in [0.5, 0.6) is 11.5 Å². The molecular formula is C14H20N2O3. The lowest BCUT2D eigenvalue weighted by molar-refractivity contribution is 0.0760. The van der Waals surface area contributed by atoms with Gasteiger partial charge in [0.1, 0.15) is 11.5 Å². The van der Waals surface area contributed by atoms with Crippen LogP contribution in [0.3, 0.4) is 0 Å². The van der Waals surface area contributed by atoms with E-state index in [1.807, 2.05) is 0 Å². The summed E-state index contributed by atoms with van der Waals surface area (Å²) in [6, 6.07) is 4.78. The summed E-state index contributed by atoms with van der Waals surface area (Å²) >= 11 is 0. The van der Waals surface area contributed by atoms with Crippen LogP contribution in [0.4, 0.5) is 0 Å². The molecule has 1 aliphatic heterocycles. The minimum Gasteiger partial charge on any atom is -0.507 e. The van der Waals surface area contributed by atoms with Crippen molar-refractivity contribution in [3.05, 3.63) is 23.8 Å². The molecule has 5 heteroatoms. The molecule has 1 N–H and O–H groups in total. The van der Waals surface area contributed by atoms with Crippen molar-refractivity contribution >= 4 is 5.91 Å². The highest BCUT2D eigenvalue weighted by Gasteiger charge is 2.21. The number of nitrogens with zero attached hydrogens (tertiary/aromatic N) is 2. The lowest BCUT2D eigenvalue weighted by Crippen LogP contribution is -2.34. The zero-order chi connectivity index (χ0) is 13.8. The third kappa shape index (κ3) is 3.17. The van der Waals surface area contributed by atoms with Crippen LogP contribution in [0.15, 0.2) is 18.2 Å². The zero-order valence-corrected chi connectivity index (χ0v) is 11.4. The van der Waals surface area contributed by atoms with Gasteiger partial charge in [-0.2, -0.15) is 0 Å². The molecule has 1 saturated heterocycles. The van der Waals surface area contributed by atoms with E-state index in [0.717, 1.165) is 26.1 Å². The van der Waals surface area contributed by atoms with Crippen molar-refractivity contribution in [1.82, 2.24) is 9.80 Å². The molecule has 104 valence electrons. The number of benzene rings is 1. The predicted molar refractivity (Wildman–Crippen MR) is 72.7 cm³/mol. The van der Waals surface area contributed by atoms with Gasteiger partial charge in [0.05, 0.1) is 12.7 Å². The number of amides is 1. The van der Waals surface area contributed by atoms with Crippen LogP contribution < -0.4 is 4.74 Å². The lowest BCUT2D eigenvalue weighted by atomic mass is 10.1. The number of methoxy groups -OCH3 is 1. The van der Waals surface area contributed by atoms with Gasteiger partial charge in [0, 0.05) is 25.7 Å². The SMILES string of the molecule is COc1ccc(C(=O)N2CCCN(C)CC2)c(O)c1. The number of ether oxygens (including phenoxy) is 1. The Kier molecular flexibility index (Phi) is 4.27. The lowest BCUT2D eigenvalue weighted by Gasteiger charge is -2.21. The van der Waals surface area contributed by atoms with Crippen LogP contribution in [-0.4, -0.2) is 61.2 Å². The van der Waals surface area contributed by atoms with Crippen LogP contribution in [0, 0.1) is 0 Å². The van der Waals surface area contributed by atoms with E-state index in [9.17, 15) is 9.90 Å². The van der Waals surface area contributed by atoms with Gasteiger partial charge in [0.25, 0.3) is 5.91 Å². The summed E-state index contributed by atoms with van der Waals surface area (Å²) in [6.07, 6.45) is 0.957. The van der Waals surface area contributed by atoms with E-state index in [1.54, 1.807) is 17.0 Å². The Bertz CT molecular complexity index is 462. The fourth-order valence-corrected chi connectivity index (χ4v) is 2.24. The standard InChI is InChI=1S/C14H20N2O3/c1-15-6-3-7-16(9-8-15)14(18)12-5-4-11(19-2)10-13(12)17/h4-5,10,17H,3,6-9H2,1-2H3. The van der Waals surface area contributed by atoms with Crippen molar-refractivity contribution < 1.29 is 14.6 Å². The fraction of sp³-hybridized carbons (Fsp3) is 0.500. The molecule has 0 saturated carbocycles. The van der Waals surface area contributed by atoms with Gasteiger partial charge in [-0.1, -0.05) is 0 Å². The van der Waals surface area contributed by atoms with Crippen LogP contribution >= 0.6 is 0 Å². The van der Waals surface area contributed by atoms with Crippen LogP contribution in [0.2, 0.25) is 0 Å². The first kappa shape index (κ1) is 13.7. The largest absolute Gasteiger partial charge is 0.507 e. The Labute approximate surface area is 113 Å². The third-order valence-corrected chi connectivity index (χ3v) is 3.44. The molecule has 0 unspecified atom stereocenters. The van der Waals surface area contributed by atoms with Crippen molar-refractivity contribution in [3.63, 3.8) is 0 Å². The first-order chi connectivity index (χ1) is 9.11. The van der Waals surface area contributed by atoms with Crippen LogP contribution in [-0.2, 0) is 0 Å². The first-order valence-corrected chi connectivity index (χ1v) is 6.46. The van der Waals surface area contributed by atoms with E-state index in [0.29, 0.717) is 17.9 Å². The number of likely N-dealkylation sites (N-methyl/N-ethyl adjacent to an activating group) is 1. The summed E-state index contributed by atoms with van der Waals surface area (Å²) in [5.74, 6) is 0.405. The second-order valence-corrected chi connectivity index (χ2v) is 4.83. The highest BCUT2D eigenvalue weighted by Crippen LogP contribution is 2.24. The molecule has 0 bridgehead atoms. The van der Waals surface area contributed by atoms with Crippen molar-refractivity contribution in [2.24, 2.45) is 0 Å². The molecule has 1 fully saturated rings. The number of carbonyl (C=O) groups is 1. The van der Waals surface area contributed by atoms with E-state index in [2.05, 4.69) is 11.9 Å². The maximum atomic E-state index is 12.4. The summed E-state index contributed by atoms with van der Waals surface area (Å²) in [5.41, 5.74) is 0.338. The van der Waals surface area contributed by atoms with E-state index in [1.165, 1.54) is 13.2 Å². The zero-order valence-electron chi connectivity index (χ0n) is 11.4. The maximum absolute atomic E-state index is 12.4. The Morgan fingerprint density at radius 2 is 2.05 bits per heavy atom. The summed E-state index contributed by atoms with van der Waals surface area (Å²) in [4.78, 5) is 16.4. The fourth-order valence-electron chi connectivity index (χ4n) is 2.24. The summed E-state index contributed by atoms with van der Waals surface area (Å²) in [5, 5.41) is 9.91. The van der Waals surface area contributed by atoms with E-state index < -0.39 is 0 Å². The van der Waals surface area contributed by atoms with E-state index in [-0.39, 0.29) is 11.7 Å². The highest BCUT2D eigenvalue weighted by atomic mass is 16.5. The number of phenolic OH excluding ortho intramolecular Hbond substituents is 1. The Hall–Kier alpha value is -1.75. The van der Waals surface area contributed by atoms with Crippen molar-refractivity contribution in [1.29, 1.82) is 0 Å². The number of carbonyl (C=O) groups excluding carboxylic acids is 1. The van der Waals surface area contributed by atoms with Crippen LogP contribution in [0.25, 0.3) is 0 Å². The molecule has 1 amide bonds. The number of hydrogen-bond acceptors (Lipinski definition) is 4. The molecule has 1 aliphatic rings. The molecule has 1 aromatic rings. The normalized spacial score (nSPS) is 17.1. The van der Waals surface area contributed by atoms with Gasteiger partial charge in [-0.3, -0.25) is 4.79 Å². The molecule has 0 atom stereocenters. The Morgan fingerprint density at radius 3 is 2.74 bits per heavy atom. The van der Waals surface area contributed by atoms with Crippen LogP contribution in [0.1, 0.15) is 16.8 Å². The Balaban J connectivity index is 2.14. The summed E-state index contributed by atoms with van der Waals surface area (Å²) < 4.78 is 5.02. The van der Waals surface area contributed by atoms with Gasteiger partial charge in [-0.25, -0.2) is 0 Å². The molecule has 1 aromatic carbocycles. The molecule has 2 rings (SSSR count). The number of aromatic hydroxyl groups is 1. The minimum atomic E-state index is -0.115. The predicted octanol–water partition coefficient (Wildman–Crippen LogP) is 1.18. The van der Waals surface area contributed by atoms with E-state index >= 15 is 0 Å². The summed E-state index contributed by atoms with van der Waals surface area (Å²) in [6.45, 7) is 3.29.